The van der Waals surface area contributed by atoms with Gasteiger partial charge in [-0.15, -0.1) is 0 Å². The summed E-state index contributed by atoms with van der Waals surface area (Å²) in [6, 6.07) is 6.92. The second-order valence-electron chi connectivity index (χ2n) is 3.28. The molecule has 0 unspecified atom stereocenters. The third-order valence-corrected chi connectivity index (χ3v) is 2.32. The minimum atomic E-state index is 0.146. The summed E-state index contributed by atoms with van der Waals surface area (Å²) >= 11 is 0. The molecule has 0 aliphatic rings. The van der Waals surface area contributed by atoms with Crippen LogP contribution in [0, 0.1) is 0 Å². The van der Waals surface area contributed by atoms with Gasteiger partial charge in [0, 0.05) is 12.1 Å². The third kappa shape index (κ3) is 1.61. The zero-order valence-corrected chi connectivity index (χ0v) is 8.92. The third-order valence-electron chi connectivity index (χ3n) is 2.32. The Balaban J connectivity index is 2.56. The number of aromatic hydroxyl groups is 1. The van der Waals surface area contributed by atoms with Gasteiger partial charge in [0.1, 0.15) is 11.4 Å². The Morgan fingerprint density at radius 2 is 2.19 bits per heavy atom. The van der Waals surface area contributed by atoms with Gasteiger partial charge in [-0.1, -0.05) is 12.1 Å². The van der Waals surface area contributed by atoms with E-state index >= 15 is 0 Å². The highest BCUT2D eigenvalue weighted by Gasteiger charge is 2.13. The van der Waals surface area contributed by atoms with E-state index in [1.807, 2.05) is 6.07 Å². The first-order valence-corrected chi connectivity index (χ1v) is 4.87. The molecular formula is C11H13N3O2. The number of hydrogen-bond donors (Lipinski definition) is 2. The lowest BCUT2D eigenvalue weighted by Gasteiger charge is -2.08. The molecule has 84 valence electrons. The predicted octanol–water partition coefficient (Wildman–Crippen LogP) is 1.05. The fraction of sp³-hybridized carbons (Fsp3) is 0.182. The summed E-state index contributed by atoms with van der Waals surface area (Å²) in [4.78, 5) is 0. The molecule has 0 bridgehead atoms. The van der Waals surface area contributed by atoms with Crippen molar-refractivity contribution in [1.29, 1.82) is 0 Å². The Hall–Kier alpha value is -2.01. The summed E-state index contributed by atoms with van der Waals surface area (Å²) in [7, 11) is 1.55. The number of rotatable bonds is 3. The topological polar surface area (TPSA) is 73.3 Å². The maximum atomic E-state index is 9.72. The van der Waals surface area contributed by atoms with Gasteiger partial charge in [-0.3, -0.25) is 0 Å². The van der Waals surface area contributed by atoms with E-state index < -0.39 is 0 Å². The van der Waals surface area contributed by atoms with Gasteiger partial charge in [0.2, 0.25) is 5.88 Å². The minimum Gasteiger partial charge on any atom is -0.506 e. The molecular weight excluding hydrogens is 206 g/mol. The highest BCUT2D eigenvalue weighted by atomic mass is 16.5. The highest BCUT2D eigenvalue weighted by molar-refractivity contribution is 5.48. The van der Waals surface area contributed by atoms with Crippen LogP contribution in [-0.2, 0) is 6.54 Å². The van der Waals surface area contributed by atoms with Gasteiger partial charge in [-0.05, 0) is 12.1 Å². The van der Waals surface area contributed by atoms with Crippen molar-refractivity contribution in [2.24, 2.45) is 5.73 Å². The first-order valence-electron chi connectivity index (χ1n) is 4.87. The number of ether oxygens (including phenoxy) is 1. The lowest BCUT2D eigenvalue weighted by atomic mass is 10.3. The standard InChI is InChI=1S/C11H13N3O2/c1-16-11-8(6-12)7-13-14(11)9-4-2-3-5-10(9)15/h2-5,7,15H,6,12H2,1H3. The van der Waals surface area contributed by atoms with Gasteiger partial charge in [0.25, 0.3) is 0 Å². The molecule has 1 aromatic heterocycles. The number of para-hydroxylation sites is 2. The highest BCUT2D eigenvalue weighted by Crippen LogP contribution is 2.27. The maximum absolute atomic E-state index is 9.72. The van der Waals surface area contributed by atoms with Gasteiger partial charge in [-0.25, -0.2) is 0 Å². The summed E-state index contributed by atoms with van der Waals surface area (Å²) in [6.45, 7) is 0.344. The number of nitrogens with two attached hydrogens (primary N) is 1. The Morgan fingerprint density at radius 1 is 1.44 bits per heavy atom. The summed E-state index contributed by atoms with van der Waals surface area (Å²) in [6.07, 6.45) is 1.63. The van der Waals surface area contributed by atoms with Gasteiger partial charge < -0.3 is 15.6 Å². The number of hydrogen-bond acceptors (Lipinski definition) is 4. The summed E-state index contributed by atoms with van der Waals surface area (Å²) in [5.41, 5.74) is 6.93. The van der Waals surface area contributed by atoms with Crippen molar-refractivity contribution in [3.05, 3.63) is 36.0 Å². The zero-order chi connectivity index (χ0) is 11.5. The van der Waals surface area contributed by atoms with Crippen LogP contribution in [-0.4, -0.2) is 22.0 Å². The fourth-order valence-corrected chi connectivity index (χ4v) is 1.54. The first kappa shape index (κ1) is 10.5. The van der Waals surface area contributed by atoms with E-state index in [0.29, 0.717) is 18.1 Å². The number of nitrogens with zero attached hydrogens (tertiary/aromatic N) is 2. The number of aromatic nitrogens is 2. The van der Waals surface area contributed by atoms with Crippen LogP contribution in [0.15, 0.2) is 30.5 Å². The molecule has 3 N–H and O–H groups in total. The van der Waals surface area contributed by atoms with Crippen LogP contribution < -0.4 is 10.5 Å². The molecule has 5 heteroatoms. The van der Waals surface area contributed by atoms with E-state index in [-0.39, 0.29) is 5.75 Å². The quantitative estimate of drug-likeness (QED) is 0.809. The van der Waals surface area contributed by atoms with Gasteiger partial charge in [-0.2, -0.15) is 9.78 Å². The van der Waals surface area contributed by atoms with Gasteiger partial charge in [0.05, 0.1) is 13.3 Å². The average Bonchev–Trinajstić information content (AvgIpc) is 2.72. The number of methoxy groups -OCH3 is 1. The van der Waals surface area contributed by atoms with Crippen LogP contribution in [0.25, 0.3) is 5.69 Å². The Bertz CT molecular complexity index is 494. The predicted molar refractivity (Wildman–Crippen MR) is 59.7 cm³/mol. The largest absolute Gasteiger partial charge is 0.506 e. The van der Waals surface area contributed by atoms with E-state index in [2.05, 4.69) is 5.10 Å². The van der Waals surface area contributed by atoms with Crippen molar-refractivity contribution >= 4 is 0 Å². The van der Waals surface area contributed by atoms with E-state index in [9.17, 15) is 5.11 Å². The normalized spacial score (nSPS) is 10.4. The lowest BCUT2D eigenvalue weighted by molar-refractivity contribution is 0.376. The van der Waals surface area contributed by atoms with Crippen molar-refractivity contribution in [3.63, 3.8) is 0 Å². The lowest BCUT2D eigenvalue weighted by Crippen LogP contribution is -2.03. The fourth-order valence-electron chi connectivity index (χ4n) is 1.54. The second-order valence-corrected chi connectivity index (χ2v) is 3.28. The summed E-state index contributed by atoms with van der Waals surface area (Å²) in [5, 5.41) is 13.9. The first-order chi connectivity index (χ1) is 7.77. The van der Waals surface area contributed by atoms with Gasteiger partial charge >= 0.3 is 0 Å². The number of benzene rings is 1. The van der Waals surface area contributed by atoms with Crippen molar-refractivity contribution in [3.8, 4) is 17.3 Å². The Kier molecular flexibility index (Phi) is 2.78. The number of phenolic OH excluding ortho intramolecular Hbond substituents is 1. The van der Waals surface area contributed by atoms with Crippen molar-refractivity contribution in [1.82, 2.24) is 9.78 Å². The molecule has 1 heterocycles. The van der Waals surface area contributed by atoms with Crippen LogP contribution in [0.2, 0.25) is 0 Å². The molecule has 0 aliphatic heterocycles. The molecule has 2 rings (SSSR count). The van der Waals surface area contributed by atoms with E-state index in [4.69, 9.17) is 10.5 Å². The van der Waals surface area contributed by atoms with Crippen LogP contribution >= 0.6 is 0 Å². The van der Waals surface area contributed by atoms with Crippen molar-refractivity contribution in [2.75, 3.05) is 7.11 Å². The molecule has 1 aromatic carbocycles. The Labute approximate surface area is 93.1 Å². The zero-order valence-electron chi connectivity index (χ0n) is 8.92. The van der Waals surface area contributed by atoms with E-state index in [1.54, 1.807) is 31.5 Å². The Morgan fingerprint density at radius 3 is 2.81 bits per heavy atom. The molecule has 0 aliphatic carbocycles. The maximum Gasteiger partial charge on any atom is 0.221 e. The number of phenols is 1. The van der Waals surface area contributed by atoms with Crippen molar-refractivity contribution < 1.29 is 9.84 Å². The smallest absolute Gasteiger partial charge is 0.221 e. The molecule has 0 amide bonds. The van der Waals surface area contributed by atoms with Crippen molar-refractivity contribution in [2.45, 2.75) is 6.54 Å². The van der Waals surface area contributed by atoms with Crippen LogP contribution in [0.3, 0.4) is 0 Å². The monoisotopic (exact) mass is 219 g/mol. The van der Waals surface area contributed by atoms with Crippen LogP contribution in [0.1, 0.15) is 5.56 Å². The summed E-state index contributed by atoms with van der Waals surface area (Å²) in [5.74, 6) is 0.691. The van der Waals surface area contributed by atoms with Gasteiger partial charge in [0.15, 0.2) is 0 Å². The van der Waals surface area contributed by atoms with Crippen LogP contribution in [0.5, 0.6) is 11.6 Å². The molecule has 0 saturated heterocycles. The van der Waals surface area contributed by atoms with E-state index in [0.717, 1.165) is 5.56 Å². The summed E-state index contributed by atoms with van der Waals surface area (Å²) < 4.78 is 6.75. The SMILES string of the molecule is COc1c(CN)cnn1-c1ccccc1O. The second kappa shape index (κ2) is 4.24. The molecule has 16 heavy (non-hydrogen) atoms. The molecule has 0 spiro atoms. The molecule has 0 radical (unpaired) electrons. The van der Waals surface area contributed by atoms with Crippen LogP contribution in [0.4, 0.5) is 0 Å². The molecule has 0 fully saturated rings. The minimum absolute atomic E-state index is 0.146. The molecule has 0 saturated carbocycles. The molecule has 2 aromatic rings. The molecule has 0 atom stereocenters. The van der Waals surface area contributed by atoms with E-state index in [1.165, 1.54) is 4.68 Å². The molecule has 5 nitrogen and oxygen atoms in total. The average molecular weight is 219 g/mol.